The number of amides is 5. The quantitative estimate of drug-likeness (QED) is 0.0655. The van der Waals surface area contributed by atoms with E-state index in [0.717, 1.165) is 6.92 Å². The van der Waals surface area contributed by atoms with Gasteiger partial charge in [0.25, 0.3) is 0 Å². The lowest BCUT2D eigenvalue weighted by molar-refractivity contribution is -0.144. The molecule has 10 N–H and O–H groups in total. The average Bonchev–Trinajstić information content (AvgIpc) is 3.04. The summed E-state index contributed by atoms with van der Waals surface area (Å²) in [6.45, 7) is 4.34. The van der Waals surface area contributed by atoms with Gasteiger partial charge in [-0.3, -0.25) is 38.4 Å². The maximum absolute atomic E-state index is 13.5. The lowest BCUT2D eigenvalue weighted by atomic mass is 9.96. The molecule has 0 unspecified atom stereocenters. The number of hydrogen-bond acceptors (Lipinski definition) is 10. The number of aliphatic carboxylic acids is 4. The predicted octanol–water partition coefficient (Wildman–Crippen LogP) is -0.896. The van der Waals surface area contributed by atoms with Crippen molar-refractivity contribution in [3.05, 3.63) is 29.8 Å². The van der Waals surface area contributed by atoms with E-state index in [1.165, 1.54) is 24.3 Å². The van der Waals surface area contributed by atoms with Gasteiger partial charge < -0.3 is 52.1 Å². The Morgan fingerprint density at radius 1 is 0.588 bits per heavy atom. The Morgan fingerprint density at radius 2 is 1.00 bits per heavy atom. The number of phenolic OH excluding ortho intramolecular Hbond substituents is 1. The highest BCUT2D eigenvalue weighted by atomic mass is 16.4. The molecule has 51 heavy (non-hydrogen) atoms. The van der Waals surface area contributed by atoms with Crippen molar-refractivity contribution in [2.45, 2.75) is 102 Å². The number of carbonyl (C=O) groups excluding carboxylic acids is 5. The van der Waals surface area contributed by atoms with Gasteiger partial charge in [-0.05, 0) is 42.9 Å². The van der Waals surface area contributed by atoms with Crippen molar-refractivity contribution in [3.63, 3.8) is 0 Å². The molecule has 0 saturated heterocycles. The van der Waals surface area contributed by atoms with Crippen molar-refractivity contribution in [2.24, 2.45) is 5.92 Å². The maximum Gasteiger partial charge on any atom is 0.326 e. The second-order valence-corrected chi connectivity index (χ2v) is 11.8. The molecule has 0 heterocycles. The molecule has 1 aromatic rings. The summed E-state index contributed by atoms with van der Waals surface area (Å²) in [6.07, 6.45) is -3.15. The number of aromatic hydroxyl groups is 1. The molecule has 282 valence electrons. The zero-order valence-electron chi connectivity index (χ0n) is 28.3. The molecule has 0 saturated carbocycles. The first kappa shape index (κ1) is 43.3. The van der Waals surface area contributed by atoms with Crippen LogP contribution in [0, 0.1) is 5.92 Å². The average molecular weight is 724 g/mol. The van der Waals surface area contributed by atoms with E-state index >= 15 is 0 Å². The Balaban J connectivity index is 3.32. The molecule has 0 aliphatic rings. The van der Waals surface area contributed by atoms with E-state index in [-0.39, 0.29) is 18.6 Å². The van der Waals surface area contributed by atoms with Crippen molar-refractivity contribution in [1.82, 2.24) is 26.6 Å². The molecule has 1 rings (SSSR count). The minimum atomic E-state index is -1.65. The van der Waals surface area contributed by atoms with Gasteiger partial charge in [-0.15, -0.1) is 0 Å². The summed E-state index contributed by atoms with van der Waals surface area (Å²) >= 11 is 0. The molecular formula is C32H45N5O14. The third-order valence-electron chi connectivity index (χ3n) is 7.68. The van der Waals surface area contributed by atoms with Gasteiger partial charge in [0.15, 0.2) is 0 Å². The third kappa shape index (κ3) is 16.5. The van der Waals surface area contributed by atoms with Crippen LogP contribution in [0.5, 0.6) is 5.75 Å². The van der Waals surface area contributed by atoms with Crippen LogP contribution in [0.15, 0.2) is 24.3 Å². The van der Waals surface area contributed by atoms with Crippen molar-refractivity contribution in [1.29, 1.82) is 0 Å². The van der Waals surface area contributed by atoms with Gasteiger partial charge in [-0.1, -0.05) is 32.4 Å². The van der Waals surface area contributed by atoms with Gasteiger partial charge in [0.1, 0.15) is 36.0 Å². The van der Waals surface area contributed by atoms with E-state index in [1.54, 1.807) is 13.8 Å². The highest BCUT2D eigenvalue weighted by Crippen LogP contribution is 2.13. The zero-order valence-corrected chi connectivity index (χ0v) is 28.3. The first-order valence-electron chi connectivity index (χ1n) is 16.0. The van der Waals surface area contributed by atoms with E-state index in [0.29, 0.717) is 5.56 Å². The fourth-order valence-corrected chi connectivity index (χ4v) is 4.68. The molecule has 5 amide bonds. The van der Waals surface area contributed by atoms with Crippen molar-refractivity contribution >= 4 is 53.4 Å². The van der Waals surface area contributed by atoms with E-state index < -0.39 is 128 Å². The summed E-state index contributed by atoms with van der Waals surface area (Å²) in [5, 5.41) is 58.2. The van der Waals surface area contributed by atoms with E-state index in [4.69, 9.17) is 5.11 Å². The second kappa shape index (κ2) is 21.4. The summed E-state index contributed by atoms with van der Waals surface area (Å²) in [5.74, 6) is -10.9. The number of nitrogens with one attached hydrogen (secondary N) is 5. The van der Waals surface area contributed by atoms with Crippen LogP contribution in [0.4, 0.5) is 0 Å². The van der Waals surface area contributed by atoms with E-state index in [9.17, 15) is 63.6 Å². The number of carboxylic acids is 4. The highest BCUT2D eigenvalue weighted by molar-refractivity contribution is 5.96. The largest absolute Gasteiger partial charge is 0.508 e. The Morgan fingerprint density at radius 3 is 1.41 bits per heavy atom. The van der Waals surface area contributed by atoms with Crippen LogP contribution < -0.4 is 26.6 Å². The van der Waals surface area contributed by atoms with Crippen LogP contribution in [0.3, 0.4) is 0 Å². The first-order valence-corrected chi connectivity index (χ1v) is 16.0. The number of benzene rings is 1. The monoisotopic (exact) mass is 723 g/mol. The molecular weight excluding hydrogens is 678 g/mol. The van der Waals surface area contributed by atoms with Gasteiger partial charge in [-0.2, -0.15) is 0 Å². The first-order chi connectivity index (χ1) is 23.8. The zero-order chi connectivity index (χ0) is 38.8. The molecule has 0 aliphatic carbocycles. The normalized spacial score (nSPS) is 14.3. The molecule has 1 aromatic carbocycles. The Hall–Kier alpha value is -5.75. The molecule has 0 spiro atoms. The fourth-order valence-electron chi connectivity index (χ4n) is 4.68. The molecule has 0 radical (unpaired) electrons. The molecule has 0 aliphatic heterocycles. The number of carbonyl (C=O) groups is 9. The van der Waals surface area contributed by atoms with Gasteiger partial charge >= 0.3 is 23.9 Å². The van der Waals surface area contributed by atoms with Crippen LogP contribution in [0.2, 0.25) is 0 Å². The fraction of sp³-hybridized carbons (Fsp3) is 0.531. The minimum absolute atomic E-state index is 0.0533. The number of phenols is 1. The van der Waals surface area contributed by atoms with Gasteiger partial charge in [0.2, 0.25) is 29.5 Å². The lowest BCUT2D eigenvalue weighted by Crippen LogP contribution is -2.60. The van der Waals surface area contributed by atoms with Crippen molar-refractivity contribution in [3.8, 4) is 5.75 Å². The summed E-state index contributed by atoms with van der Waals surface area (Å²) in [4.78, 5) is 111. The molecule has 0 bridgehead atoms. The SMILES string of the molecule is CC[C@H](C)[C@H](NC(=O)[C@H](CCC(=O)O)NC(=O)[C@H](CCC(=O)O)NC(=O)[C@H](Cc1ccc(O)cc1)NC(C)=O)C(=O)N[C@@H](CCC(=O)O)C(=O)O. The summed E-state index contributed by atoms with van der Waals surface area (Å²) < 4.78 is 0. The Bertz CT molecular complexity index is 1430. The Kier molecular flexibility index (Phi) is 18.1. The number of hydrogen-bond donors (Lipinski definition) is 10. The third-order valence-corrected chi connectivity index (χ3v) is 7.68. The molecule has 0 aromatic heterocycles. The lowest BCUT2D eigenvalue weighted by Gasteiger charge is -2.28. The summed E-state index contributed by atoms with van der Waals surface area (Å²) in [6, 6.07) is -1.88. The summed E-state index contributed by atoms with van der Waals surface area (Å²) in [5.41, 5.74) is 0.509. The van der Waals surface area contributed by atoms with Crippen LogP contribution in [-0.4, -0.2) is 109 Å². The van der Waals surface area contributed by atoms with Gasteiger partial charge in [-0.25, -0.2) is 4.79 Å². The molecule has 6 atom stereocenters. The molecule has 19 nitrogen and oxygen atoms in total. The topological polar surface area (TPSA) is 315 Å². The number of carboxylic acid groups (broad SMARTS) is 4. The molecule has 19 heteroatoms. The second-order valence-electron chi connectivity index (χ2n) is 11.8. The van der Waals surface area contributed by atoms with E-state index in [2.05, 4.69) is 26.6 Å². The van der Waals surface area contributed by atoms with Crippen molar-refractivity contribution in [2.75, 3.05) is 0 Å². The number of rotatable bonds is 23. The van der Waals surface area contributed by atoms with Crippen LogP contribution in [0.25, 0.3) is 0 Å². The van der Waals surface area contributed by atoms with E-state index in [1.807, 2.05) is 0 Å². The standard InChI is InChI=1S/C32H45N5O14/c1-4-16(2)27(31(49)36-22(32(50)51)11-14-26(44)45)37-29(47)21(10-13-25(42)43)34-28(46)20(9-12-24(40)41)35-30(48)23(33-17(3)38)15-18-5-7-19(39)8-6-18/h5-8,16,20-23,27,39H,4,9-15H2,1-3H3,(H,33,38)(H,34,46)(H,35,48)(H,36,49)(H,37,47)(H,40,41)(H,42,43)(H,44,45)(H,50,51)/t16-,20-,21-,22-,23-,27-/m0/s1. The van der Waals surface area contributed by atoms with Gasteiger partial charge in [0, 0.05) is 32.6 Å². The highest BCUT2D eigenvalue weighted by Gasteiger charge is 2.34. The van der Waals surface area contributed by atoms with Crippen LogP contribution in [0.1, 0.15) is 71.3 Å². The van der Waals surface area contributed by atoms with Crippen molar-refractivity contribution < 1.29 is 68.7 Å². The summed E-state index contributed by atoms with van der Waals surface area (Å²) in [7, 11) is 0. The molecule has 0 fully saturated rings. The minimum Gasteiger partial charge on any atom is -0.508 e. The van der Waals surface area contributed by atoms with Crippen LogP contribution in [-0.2, 0) is 49.6 Å². The smallest absolute Gasteiger partial charge is 0.326 e. The predicted molar refractivity (Wildman–Crippen MR) is 175 cm³/mol. The van der Waals surface area contributed by atoms with Gasteiger partial charge in [0.05, 0.1) is 0 Å². The maximum atomic E-state index is 13.5. The Labute approximate surface area is 292 Å². The van der Waals surface area contributed by atoms with Crippen LogP contribution >= 0.6 is 0 Å².